The van der Waals surface area contributed by atoms with Crippen LogP contribution in [0.2, 0.25) is 0 Å². The van der Waals surface area contributed by atoms with E-state index in [1.54, 1.807) is 19.1 Å². The summed E-state index contributed by atoms with van der Waals surface area (Å²) >= 11 is 0. The number of carbonyl (C=O) groups excluding carboxylic acids is 2. The van der Waals surface area contributed by atoms with Gasteiger partial charge in [-0.25, -0.2) is 0 Å². The van der Waals surface area contributed by atoms with Gasteiger partial charge in [0.2, 0.25) is 0 Å². The van der Waals surface area contributed by atoms with E-state index in [0.29, 0.717) is 25.7 Å². The molecule has 0 aliphatic heterocycles. The third-order valence-corrected chi connectivity index (χ3v) is 3.54. The number of rotatable bonds is 11. The molecule has 0 bridgehead atoms. The first-order valence-corrected chi connectivity index (χ1v) is 8.21. The highest BCUT2D eigenvalue weighted by Gasteiger charge is 2.21. The van der Waals surface area contributed by atoms with Gasteiger partial charge in [0, 0.05) is 12.8 Å². The molecule has 1 aromatic carbocycles. The van der Waals surface area contributed by atoms with Crippen molar-refractivity contribution in [2.24, 2.45) is 0 Å². The molecular weight excluding hydrogens is 304 g/mol. The molecule has 0 saturated heterocycles. The Labute approximate surface area is 144 Å². The third kappa shape index (κ3) is 7.27. The molecule has 0 aromatic heterocycles. The number of hydrogen-bond acceptors (Lipinski definition) is 4. The second-order valence-corrected chi connectivity index (χ2v) is 5.57. The molecule has 4 nitrogen and oxygen atoms in total. The molecule has 0 amide bonds. The highest BCUT2D eigenvalue weighted by Crippen LogP contribution is 2.21. The lowest BCUT2D eigenvalue weighted by molar-refractivity contribution is -0.150. The number of hydrogen-bond donors (Lipinski definition) is 0. The van der Waals surface area contributed by atoms with E-state index in [1.165, 1.54) is 0 Å². The van der Waals surface area contributed by atoms with Gasteiger partial charge in [-0.15, -0.1) is 13.2 Å². The fourth-order valence-electron chi connectivity index (χ4n) is 2.21. The first kappa shape index (κ1) is 19.7. The maximum atomic E-state index is 12.3. The van der Waals surface area contributed by atoms with Crippen molar-refractivity contribution in [3.05, 3.63) is 61.2 Å². The van der Waals surface area contributed by atoms with E-state index in [2.05, 4.69) is 13.2 Å². The minimum Gasteiger partial charge on any atom is -0.465 e. The van der Waals surface area contributed by atoms with Crippen molar-refractivity contribution in [1.82, 2.24) is 0 Å². The molecule has 0 aliphatic carbocycles. The number of allylic oxidation sites excluding steroid dienone is 2. The zero-order chi connectivity index (χ0) is 17.8. The summed E-state index contributed by atoms with van der Waals surface area (Å²) in [5.41, 5.74) is 0.909. The quantitative estimate of drug-likeness (QED) is 0.451. The molecule has 130 valence electrons. The van der Waals surface area contributed by atoms with Gasteiger partial charge in [-0.1, -0.05) is 42.5 Å². The zero-order valence-corrected chi connectivity index (χ0v) is 14.3. The van der Waals surface area contributed by atoms with Gasteiger partial charge in [-0.05, 0) is 25.3 Å². The molecule has 1 aromatic rings. The average molecular weight is 330 g/mol. The topological polar surface area (TPSA) is 52.6 Å². The lowest BCUT2D eigenvalue weighted by Crippen LogP contribution is -2.20. The predicted molar refractivity (Wildman–Crippen MR) is 94.6 cm³/mol. The van der Waals surface area contributed by atoms with Gasteiger partial charge >= 0.3 is 11.9 Å². The first-order chi connectivity index (χ1) is 11.6. The van der Waals surface area contributed by atoms with Crippen LogP contribution in [0, 0.1) is 0 Å². The number of ether oxygens (including phenoxy) is 2. The zero-order valence-electron chi connectivity index (χ0n) is 14.3. The summed E-state index contributed by atoms with van der Waals surface area (Å²) in [4.78, 5) is 23.8. The predicted octanol–water partition coefficient (Wildman–Crippen LogP) is 4.18. The van der Waals surface area contributed by atoms with Crippen molar-refractivity contribution < 1.29 is 19.1 Å². The Morgan fingerprint density at radius 1 is 1.17 bits per heavy atom. The van der Waals surface area contributed by atoms with Gasteiger partial charge in [0.1, 0.15) is 6.10 Å². The van der Waals surface area contributed by atoms with Crippen LogP contribution in [0.15, 0.2) is 55.6 Å². The van der Waals surface area contributed by atoms with Crippen LogP contribution in [0.5, 0.6) is 0 Å². The molecule has 24 heavy (non-hydrogen) atoms. The summed E-state index contributed by atoms with van der Waals surface area (Å²) < 4.78 is 10.6. The molecule has 1 rings (SSSR count). The van der Waals surface area contributed by atoms with Crippen LogP contribution in [-0.2, 0) is 19.1 Å². The van der Waals surface area contributed by atoms with Crippen LogP contribution in [0.4, 0.5) is 0 Å². The number of benzene rings is 1. The van der Waals surface area contributed by atoms with Crippen molar-refractivity contribution >= 4 is 11.9 Å². The molecule has 0 radical (unpaired) electrons. The summed E-state index contributed by atoms with van der Waals surface area (Å²) in [5.74, 6) is -0.900. The van der Waals surface area contributed by atoms with Crippen LogP contribution < -0.4 is 0 Å². The van der Waals surface area contributed by atoms with Crippen molar-refractivity contribution in [3.8, 4) is 0 Å². The van der Waals surface area contributed by atoms with Crippen LogP contribution >= 0.6 is 0 Å². The Kier molecular flexibility index (Phi) is 9.20. The fourth-order valence-corrected chi connectivity index (χ4v) is 2.21. The van der Waals surface area contributed by atoms with Crippen molar-refractivity contribution in [2.75, 3.05) is 6.61 Å². The molecule has 0 N–H and O–H groups in total. The van der Waals surface area contributed by atoms with E-state index < -0.39 is 0 Å². The molecular formula is C20H26O4. The maximum Gasteiger partial charge on any atom is 0.313 e. The normalized spacial score (nSPS) is 12.7. The summed E-state index contributed by atoms with van der Waals surface area (Å²) in [6.07, 6.45) is 5.02. The van der Waals surface area contributed by atoms with E-state index in [4.69, 9.17) is 9.47 Å². The third-order valence-electron chi connectivity index (χ3n) is 3.54. The highest BCUT2D eigenvalue weighted by atomic mass is 16.6. The lowest BCUT2D eigenvalue weighted by Gasteiger charge is -2.17. The minimum atomic E-state index is -0.353. The SMILES string of the molecule is C=CCCC(=O)OC(C)CCOC(=O)C(CC=C)c1ccccc1. The second kappa shape index (κ2) is 11.2. The molecule has 0 saturated carbocycles. The standard InChI is InChI=1S/C20H26O4/c1-4-6-13-19(21)24-16(3)14-15-23-20(22)18(10-5-2)17-11-8-7-9-12-17/h4-5,7-9,11-12,16,18H,1-2,6,10,13-15H2,3H3. The Hall–Kier alpha value is -2.36. The van der Waals surface area contributed by atoms with E-state index in [9.17, 15) is 9.59 Å². The van der Waals surface area contributed by atoms with Crippen LogP contribution in [0.3, 0.4) is 0 Å². The van der Waals surface area contributed by atoms with E-state index in [0.717, 1.165) is 5.56 Å². The van der Waals surface area contributed by atoms with E-state index in [-0.39, 0.29) is 30.6 Å². The Balaban J connectivity index is 2.41. The maximum absolute atomic E-state index is 12.3. The van der Waals surface area contributed by atoms with Crippen LogP contribution in [-0.4, -0.2) is 24.6 Å². The van der Waals surface area contributed by atoms with Crippen molar-refractivity contribution in [1.29, 1.82) is 0 Å². The van der Waals surface area contributed by atoms with Crippen molar-refractivity contribution in [2.45, 2.75) is 44.6 Å². The molecule has 0 fully saturated rings. The van der Waals surface area contributed by atoms with Crippen molar-refractivity contribution in [3.63, 3.8) is 0 Å². The number of esters is 2. The van der Waals surface area contributed by atoms with Gasteiger partial charge in [0.05, 0.1) is 12.5 Å². The first-order valence-electron chi connectivity index (χ1n) is 8.21. The second-order valence-electron chi connectivity index (χ2n) is 5.57. The number of carbonyl (C=O) groups is 2. The minimum absolute atomic E-state index is 0.217. The van der Waals surface area contributed by atoms with Crippen LogP contribution in [0.1, 0.15) is 44.1 Å². The fraction of sp³-hybridized carbons (Fsp3) is 0.400. The van der Waals surface area contributed by atoms with E-state index >= 15 is 0 Å². The molecule has 2 atom stereocenters. The largest absolute Gasteiger partial charge is 0.465 e. The lowest BCUT2D eigenvalue weighted by atomic mass is 9.96. The Morgan fingerprint density at radius 3 is 2.50 bits per heavy atom. The molecule has 0 heterocycles. The summed E-state index contributed by atoms with van der Waals surface area (Å²) in [6.45, 7) is 9.27. The van der Waals surface area contributed by atoms with Gasteiger partial charge in [-0.3, -0.25) is 9.59 Å². The van der Waals surface area contributed by atoms with Gasteiger partial charge in [0.25, 0.3) is 0 Å². The van der Waals surface area contributed by atoms with Gasteiger partial charge in [-0.2, -0.15) is 0 Å². The molecule has 2 unspecified atom stereocenters. The van der Waals surface area contributed by atoms with Gasteiger partial charge in [0.15, 0.2) is 0 Å². The summed E-state index contributed by atoms with van der Waals surface area (Å²) in [5, 5.41) is 0. The highest BCUT2D eigenvalue weighted by molar-refractivity contribution is 5.78. The summed E-state index contributed by atoms with van der Waals surface area (Å²) in [7, 11) is 0. The van der Waals surface area contributed by atoms with Gasteiger partial charge < -0.3 is 9.47 Å². The van der Waals surface area contributed by atoms with E-state index in [1.807, 2.05) is 30.3 Å². The monoisotopic (exact) mass is 330 g/mol. The Morgan fingerprint density at radius 2 is 1.88 bits per heavy atom. The van der Waals surface area contributed by atoms with Crippen LogP contribution in [0.25, 0.3) is 0 Å². The smallest absolute Gasteiger partial charge is 0.313 e. The summed E-state index contributed by atoms with van der Waals surface area (Å²) in [6, 6.07) is 9.49. The molecule has 0 aliphatic rings. The molecule has 0 spiro atoms. The Bertz CT molecular complexity index is 536. The molecule has 4 heteroatoms. The average Bonchev–Trinajstić information content (AvgIpc) is 2.58.